The summed E-state index contributed by atoms with van der Waals surface area (Å²) in [5.41, 5.74) is -1.31. The van der Waals surface area contributed by atoms with E-state index < -0.39 is 17.2 Å². The van der Waals surface area contributed by atoms with Gasteiger partial charge >= 0.3 is 0 Å². The number of nitrogens with one attached hydrogen (secondary N) is 1. The van der Waals surface area contributed by atoms with Crippen molar-refractivity contribution in [1.82, 2.24) is 5.32 Å². The van der Waals surface area contributed by atoms with E-state index in [0.29, 0.717) is 0 Å². The molecule has 0 radical (unpaired) electrons. The normalized spacial score (nSPS) is 33.0. The fourth-order valence-electron chi connectivity index (χ4n) is 4.50. The molecule has 1 N–H and O–H groups in total. The van der Waals surface area contributed by atoms with Gasteiger partial charge in [-0.25, -0.2) is 0 Å². The molecule has 1 heterocycles. The fourth-order valence-corrected chi connectivity index (χ4v) is 4.50. The highest BCUT2D eigenvalue weighted by Crippen LogP contribution is 2.47. The zero-order chi connectivity index (χ0) is 18.8. The van der Waals surface area contributed by atoms with Gasteiger partial charge in [0.15, 0.2) is 11.5 Å². The van der Waals surface area contributed by atoms with E-state index in [4.69, 9.17) is 9.47 Å². The van der Waals surface area contributed by atoms with Crippen LogP contribution in [0.4, 0.5) is 0 Å². The Bertz CT molecular complexity index is 655. The van der Waals surface area contributed by atoms with Gasteiger partial charge in [-0.1, -0.05) is 49.6 Å². The molecule has 5 nitrogen and oxygen atoms in total. The molecule has 0 bridgehead atoms. The van der Waals surface area contributed by atoms with E-state index >= 15 is 0 Å². The molecule has 1 aromatic rings. The predicted molar refractivity (Wildman–Crippen MR) is 98.4 cm³/mol. The van der Waals surface area contributed by atoms with Gasteiger partial charge in [-0.2, -0.15) is 0 Å². The summed E-state index contributed by atoms with van der Waals surface area (Å²) in [5.74, 6) is -0.481. The number of carbonyl (C=O) groups excluding carboxylic acids is 2. The minimum Gasteiger partial charge on any atom is -0.368 e. The number of hydrogen-bond acceptors (Lipinski definition) is 4. The van der Waals surface area contributed by atoms with Crippen LogP contribution in [0.3, 0.4) is 0 Å². The highest BCUT2D eigenvalue weighted by molar-refractivity contribution is 5.92. The number of carbonyl (C=O) groups is 2. The Morgan fingerprint density at radius 2 is 1.85 bits per heavy atom. The number of Topliss-reactive ketones (excluding diaryl/α,β-unsaturated/α-hetero) is 1. The molecule has 2 aliphatic rings. The maximum atomic E-state index is 13.6. The lowest BCUT2D eigenvalue weighted by Crippen LogP contribution is -2.66. The summed E-state index contributed by atoms with van der Waals surface area (Å²) in [4.78, 5) is 25.7. The van der Waals surface area contributed by atoms with Crippen molar-refractivity contribution in [2.24, 2.45) is 11.8 Å². The summed E-state index contributed by atoms with van der Waals surface area (Å²) in [6.07, 6.45) is 5.33. The number of hydrogen-bond donors (Lipinski definition) is 1. The quantitative estimate of drug-likeness (QED) is 0.897. The van der Waals surface area contributed by atoms with E-state index in [2.05, 4.69) is 5.32 Å². The van der Waals surface area contributed by atoms with Gasteiger partial charge in [-0.05, 0) is 25.7 Å². The summed E-state index contributed by atoms with van der Waals surface area (Å²) in [5, 5.41) is 3.01. The van der Waals surface area contributed by atoms with Crippen molar-refractivity contribution in [1.29, 1.82) is 0 Å². The fraction of sp³-hybridized carbons (Fsp3) is 0.619. The van der Waals surface area contributed by atoms with Gasteiger partial charge in [0.25, 0.3) is 0 Å². The minimum atomic E-state index is -1.13. The molecular weight excluding hydrogens is 330 g/mol. The predicted octanol–water partition coefficient (Wildman–Crippen LogP) is 3.18. The van der Waals surface area contributed by atoms with Crippen molar-refractivity contribution in [3.05, 3.63) is 35.9 Å². The van der Waals surface area contributed by atoms with Crippen molar-refractivity contribution in [3.8, 4) is 0 Å². The first-order chi connectivity index (χ1) is 12.4. The van der Waals surface area contributed by atoms with Crippen molar-refractivity contribution >= 4 is 11.7 Å². The van der Waals surface area contributed by atoms with Crippen molar-refractivity contribution in [3.63, 3.8) is 0 Å². The second kappa shape index (κ2) is 7.49. The molecule has 5 heteroatoms. The topological polar surface area (TPSA) is 64.6 Å². The molecule has 142 valence electrons. The standard InChI is InChI=1S/C21H29NO4/c1-15(23)22-21(17-12-8-5-9-13-17)18(16-10-6-4-7-11-16)19(24)20(2,25-3)14-26-21/h5,8-9,12-13,16,18H,4,6-7,10-11,14H2,1-3H3,(H,22,23). The Hall–Kier alpha value is -1.72. The largest absolute Gasteiger partial charge is 0.368 e. The van der Waals surface area contributed by atoms with Crippen LogP contribution in [0.1, 0.15) is 51.5 Å². The van der Waals surface area contributed by atoms with Gasteiger partial charge in [0.2, 0.25) is 5.91 Å². The van der Waals surface area contributed by atoms with Crippen LogP contribution >= 0.6 is 0 Å². The molecular formula is C21H29NO4. The second-order valence-corrected chi connectivity index (χ2v) is 7.75. The van der Waals surface area contributed by atoms with Gasteiger partial charge in [-0.15, -0.1) is 0 Å². The first kappa shape index (κ1) is 19.1. The first-order valence-electron chi connectivity index (χ1n) is 9.50. The SMILES string of the molecule is COC1(C)COC(NC(C)=O)(c2ccccc2)C(C2CCCCC2)C1=O. The molecule has 1 saturated carbocycles. The van der Waals surface area contributed by atoms with Crippen LogP contribution < -0.4 is 5.32 Å². The van der Waals surface area contributed by atoms with E-state index in [9.17, 15) is 9.59 Å². The lowest BCUT2D eigenvalue weighted by Gasteiger charge is -2.51. The number of rotatable bonds is 4. The first-order valence-corrected chi connectivity index (χ1v) is 9.50. The van der Waals surface area contributed by atoms with E-state index in [0.717, 1.165) is 31.2 Å². The summed E-state index contributed by atoms with van der Waals surface area (Å²) in [6, 6.07) is 9.59. The van der Waals surface area contributed by atoms with E-state index in [-0.39, 0.29) is 24.2 Å². The average molecular weight is 359 g/mol. The summed E-state index contributed by atoms with van der Waals surface area (Å²) < 4.78 is 11.9. The van der Waals surface area contributed by atoms with Gasteiger partial charge < -0.3 is 14.8 Å². The lowest BCUT2D eigenvalue weighted by atomic mass is 9.66. The van der Waals surface area contributed by atoms with Crippen LogP contribution in [0.2, 0.25) is 0 Å². The van der Waals surface area contributed by atoms with Crippen molar-refractivity contribution in [2.75, 3.05) is 13.7 Å². The maximum absolute atomic E-state index is 13.6. The smallest absolute Gasteiger partial charge is 0.219 e. The molecule has 1 aliphatic carbocycles. The van der Waals surface area contributed by atoms with Crippen LogP contribution in [0.25, 0.3) is 0 Å². The highest BCUT2D eigenvalue weighted by atomic mass is 16.6. The zero-order valence-corrected chi connectivity index (χ0v) is 15.9. The second-order valence-electron chi connectivity index (χ2n) is 7.75. The number of benzene rings is 1. The van der Waals surface area contributed by atoms with Gasteiger partial charge in [-0.3, -0.25) is 9.59 Å². The van der Waals surface area contributed by atoms with Crippen molar-refractivity contribution in [2.45, 2.75) is 57.3 Å². The molecule has 26 heavy (non-hydrogen) atoms. The zero-order valence-electron chi connectivity index (χ0n) is 15.9. The molecule has 1 saturated heterocycles. The van der Waals surface area contributed by atoms with Gasteiger partial charge in [0, 0.05) is 19.6 Å². The number of amides is 1. The molecule has 1 aliphatic heterocycles. The molecule has 3 rings (SSSR count). The van der Waals surface area contributed by atoms with Gasteiger partial charge in [0.05, 0.1) is 12.5 Å². The Morgan fingerprint density at radius 1 is 1.19 bits per heavy atom. The third-order valence-corrected chi connectivity index (χ3v) is 5.95. The van der Waals surface area contributed by atoms with E-state index in [1.165, 1.54) is 13.3 Å². The lowest BCUT2D eigenvalue weighted by molar-refractivity contribution is -0.222. The minimum absolute atomic E-state index is 0.0238. The Morgan fingerprint density at radius 3 is 2.42 bits per heavy atom. The average Bonchev–Trinajstić information content (AvgIpc) is 2.66. The summed E-state index contributed by atoms with van der Waals surface area (Å²) >= 11 is 0. The summed E-state index contributed by atoms with van der Waals surface area (Å²) in [6.45, 7) is 3.37. The number of ketones is 1. The highest BCUT2D eigenvalue weighted by Gasteiger charge is 2.59. The van der Waals surface area contributed by atoms with Crippen LogP contribution in [0.5, 0.6) is 0 Å². The third-order valence-electron chi connectivity index (χ3n) is 5.95. The third kappa shape index (κ3) is 3.30. The Balaban J connectivity index is 2.12. The summed E-state index contributed by atoms with van der Waals surface area (Å²) in [7, 11) is 1.55. The van der Waals surface area contributed by atoms with Crippen LogP contribution in [0, 0.1) is 11.8 Å². The molecule has 3 atom stereocenters. The molecule has 3 unspecified atom stereocenters. The van der Waals surface area contributed by atoms with Gasteiger partial charge in [0.1, 0.15) is 5.60 Å². The molecule has 1 amide bonds. The number of ether oxygens (including phenoxy) is 2. The van der Waals surface area contributed by atoms with E-state index in [1.807, 2.05) is 30.3 Å². The van der Waals surface area contributed by atoms with Crippen molar-refractivity contribution < 1.29 is 19.1 Å². The molecule has 0 aromatic heterocycles. The van der Waals surface area contributed by atoms with Crippen LogP contribution in [-0.4, -0.2) is 31.0 Å². The van der Waals surface area contributed by atoms with Crippen LogP contribution in [-0.2, 0) is 24.8 Å². The van der Waals surface area contributed by atoms with Crippen LogP contribution in [0.15, 0.2) is 30.3 Å². The molecule has 0 spiro atoms. The maximum Gasteiger partial charge on any atom is 0.219 e. The van der Waals surface area contributed by atoms with E-state index in [1.54, 1.807) is 14.0 Å². The Labute approximate surface area is 155 Å². The molecule has 2 fully saturated rings. The monoisotopic (exact) mass is 359 g/mol. The Kier molecular flexibility index (Phi) is 5.49. The number of methoxy groups -OCH3 is 1. The molecule has 1 aromatic carbocycles.